The Morgan fingerprint density at radius 2 is 2.12 bits per heavy atom. The Kier molecular flexibility index (Phi) is 3.76. The maximum absolute atomic E-state index is 12.6. The Labute approximate surface area is 105 Å². The number of piperidine rings is 2. The van der Waals surface area contributed by atoms with Crippen molar-refractivity contribution in [2.45, 2.75) is 52.5 Å². The lowest BCUT2D eigenvalue weighted by atomic mass is 9.76. The lowest BCUT2D eigenvalue weighted by molar-refractivity contribution is -0.139. The molecule has 2 aliphatic rings. The number of hydrogen-bond donors (Lipinski definition) is 1. The van der Waals surface area contributed by atoms with E-state index in [4.69, 9.17) is 0 Å². The van der Waals surface area contributed by atoms with E-state index in [0.717, 1.165) is 26.1 Å². The van der Waals surface area contributed by atoms with Gasteiger partial charge >= 0.3 is 0 Å². The van der Waals surface area contributed by atoms with Crippen LogP contribution in [0.25, 0.3) is 0 Å². The molecule has 0 aromatic carbocycles. The van der Waals surface area contributed by atoms with Crippen molar-refractivity contribution in [1.29, 1.82) is 0 Å². The molecule has 2 atom stereocenters. The Morgan fingerprint density at radius 1 is 1.35 bits per heavy atom. The molecule has 2 rings (SSSR count). The highest BCUT2D eigenvalue weighted by molar-refractivity contribution is 5.83. The monoisotopic (exact) mass is 238 g/mol. The number of hydrogen-bond acceptors (Lipinski definition) is 2. The van der Waals surface area contributed by atoms with Crippen molar-refractivity contribution >= 4 is 5.91 Å². The van der Waals surface area contributed by atoms with E-state index >= 15 is 0 Å². The molecule has 0 saturated carbocycles. The van der Waals surface area contributed by atoms with Gasteiger partial charge in [0.2, 0.25) is 5.91 Å². The smallest absolute Gasteiger partial charge is 0.240 e. The molecular weight excluding hydrogens is 212 g/mol. The molecule has 0 bridgehead atoms. The number of carbonyl (C=O) groups is 1. The molecule has 2 aliphatic heterocycles. The summed E-state index contributed by atoms with van der Waals surface area (Å²) in [6.45, 7) is 9.58. The average molecular weight is 238 g/mol. The zero-order valence-corrected chi connectivity index (χ0v) is 11.5. The summed E-state index contributed by atoms with van der Waals surface area (Å²) in [5.74, 6) is 1.00. The summed E-state index contributed by atoms with van der Waals surface area (Å²) in [6, 6.07) is 0.0292. The van der Waals surface area contributed by atoms with Crippen LogP contribution < -0.4 is 5.32 Å². The standard InChI is InChI=1S/C14H26N2O/c1-11-6-4-9-16(10-11)13(17)12-14(2,3)7-5-8-15-12/h11-12,15H,4-10H2,1-3H3. The first-order valence-electron chi connectivity index (χ1n) is 7.03. The van der Waals surface area contributed by atoms with Crippen molar-refractivity contribution in [3.8, 4) is 0 Å². The molecule has 17 heavy (non-hydrogen) atoms. The molecule has 0 aliphatic carbocycles. The fourth-order valence-corrected chi connectivity index (χ4v) is 3.20. The van der Waals surface area contributed by atoms with Crippen LogP contribution in [0, 0.1) is 11.3 Å². The highest BCUT2D eigenvalue weighted by Crippen LogP contribution is 2.31. The van der Waals surface area contributed by atoms with Crippen molar-refractivity contribution in [1.82, 2.24) is 10.2 Å². The molecule has 2 saturated heterocycles. The molecule has 2 heterocycles. The molecule has 0 radical (unpaired) electrons. The van der Waals surface area contributed by atoms with Gasteiger partial charge in [0.15, 0.2) is 0 Å². The van der Waals surface area contributed by atoms with Crippen LogP contribution in [0.5, 0.6) is 0 Å². The van der Waals surface area contributed by atoms with Crippen LogP contribution in [0.1, 0.15) is 46.5 Å². The number of amides is 1. The van der Waals surface area contributed by atoms with Crippen molar-refractivity contribution < 1.29 is 4.79 Å². The van der Waals surface area contributed by atoms with E-state index in [1.807, 2.05) is 0 Å². The van der Waals surface area contributed by atoms with Gasteiger partial charge in [0.25, 0.3) is 0 Å². The molecule has 0 spiro atoms. The lowest BCUT2D eigenvalue weighted by Crippen LogP contribution is -2.57. The van der Waals surface area contributed by atoms with E-state index in [1.54, 1.807) is 0 Å². The van der Waals surface area contributed by atoms with Gasteiger partial charge in [-0.25, -0.2) is 0 Å². The third kappa shape index (κ3) is 2.82. The summed E-state index contributed by atoms with van der Waals surface area (Å²) in [7, 11) is 0. The zero-order chi connectivity index (χ0) is 12.5. The van der Waals surface area contributed by atoms with Crippen molar-refractivity contribution in [2.75, 3.05) is 19.6 Å². The van der Waals surface area contributed by atoms with Crippen molar-refractivity contribution in [2.24, 2.45) is 11.3 Å². The highest BCUT2D eigenvalue weighted by Gasteiger charge is 2.39. The van der Waals surface area contributed by atoms with Crippen LogP contribution >= 0.6 is 0 Å². The van der Waals surface area contributed by atoms with Gasteiger partial charge in [0.1, 0.15) is 0 Å². The van der Waals surface area contributed by atoms with Crippen molar-refractivity contribution in [3.05, 3.63) is 0 Å². The van der Waals surface area contributed by atoms with Gasteiger partial charge in [0, 0.05) is 13.1 Å². The Hall–Kier alpha value is -0.570. The van der Waals surface area contributed by atoms with Gasteiger partial charge in [-0.3, -0.25) is 4.79 Å². The summed E-state index contributed by atoms with van der Waals surface area (Å²) >= 11 is 0. The van der Waals surface area contributed by atoms with E-state index in [-0.39, 0.29) is 11.5 Å². The highest BCUT2D eigenvalue weighted by atomic mass is 16.2. The predicted molar refractivity (Wildman–Crippen MR) is 69.8 cm³/mol. The summed E-state index contributed by atoms with van der Waals surface area (Å²) in [6.07, 6.45) is 4.78. The van der Waals surface area contributed by atoms with Crippen LogP contribution in [0.15, 0.2) is 0 Å². The van der Waals surface area contributed by atoms with E-state index in [9.17, 15) is 4.79 Å². The molecular formula is C14H26N2O. The molecule has 3 heteroatoms. The molecule has 1 amide bonds. The fourth-order valence-electron chi connectivity index (χ4n) is 3.20. The number of rotatable bonds is 1. The Balaban J connectivity index is 2.02. The van der Waals surface area contributed by atoms with Crippen LogP contribution in [-0.2, 0) is 4.79 Å². The molecule has 0 aromatic heterocycles. The normalized spacial score (nSPS) is 33.5. The summed E-state index contributed by atoms with van der Waals surface area (Å²) < 4.78 is 0. The van der Waals surface area contributed by atoms with Gasteiger partial charge in [0.05, 0.1) is 6.04 Å². The second-order valence-electron chi connectivity index (χ2n) is 6.51. The molecule has 2 unspecified atom stereocenters. The van der Waals surface area contributed by atoms with Gasteiger partial charge in [-0.2, -0.15) is 0 Å². The topological polar surface area (TPSA) is 32.3 Å². The minimum atomic E-state index is 0.0292. The molecule has 98 valence electrons. The number of likely N-dealkylation sites (tertiary alicyclic amines) is 1. The molecule has 1 N–H and O–H groups in total. The molecule has 0 aromatic rings. The first-order chi connectivity index (χ1) is 8.00. The van der Waals surface area contributed by atoms with Gasteiger partial charge in [-0.15, -0.1) is 0 Å². The third-order valence-electron chi connectivity index (χ3n) is 4.34. The summed E-state index contributed by atoms with van der Waals surface area (Å²) in [5.41, 5.74) is 0.107. The van der Waals surface area contributed by atoms with Gasteiger partial charge in [-0.05, 0) is 43.6 Å². The summed E-state index contributed by atoms with van der Waals surface area (Å²) in [5, 5.41) is 3.43. The predicted octanol–water partition coefficient (Wildman–Crippen LogP) is 2.02. The minimum Gasteiger partial charge on any atom is -0.341 e. The molecule has 2 fully saturated rings. The maximum Gasteiger partial charge on any atom is 0.240 e. The fraction of sp³-hybridized carbons (Fsp3) is 0.929. The first-order valence-corrected chi connectivity index (χ1v) is 7.03. The number of nitrogens with zero attached hydrogens (tertiary/aromatic N) is 1. The van der Waals surface area contributed by atoms with Crippen LogP contribution in [0.2, 0.25) is 0 Å². The Bertz CT molecular complexity index is 288. The third-order valence-corrected chi connectivity index (χ3v) is 4.34. The zero-order valence-electron chi connectivity index (χ0n) is 11.5. The Morgan fingerprint density at radius 3 is 2.76 bits per heavy atom. The quantitative estimate of drug-likeness (QED) is 0.758. The number of nitrogens with one attached hydrogen (secondary N) is 1. The SMILES string of the molecule is CC1CCCN(C(=O)C2NCCCC2(C)C)C1. The second-order valence-corrected chi connectivity index (χ2v) is 6.51. The van der Waals surface area contributed by atoms with Crippen LogP contribution in [0.4, 0.5) is 0 Å². The van der Waals surface area contributed by atoms with E-state index < -0.39 is 0 Å². The average Bonchev–Trinajstić information content (AvgIpc) is 2.27. The van der Waals surface area contributed by atoms with Crippen LogP contribution in [0.3, 0.4) is 0 Å². The van der Waals surface area contributed by atoms with E-state index in [0.29, 0.717) is 11.8 Å². The minimum absolute atomic E-state index is 0.0292. The number of carbonyl (C=O) groups excluding carboxylic acids is 1. The molecule has 3 nitrogen and oxygen atoms in total. The van der Waals surface area contributed by atoms with Gasteiger partial charge in [-0.1, -0.05) is 20.8 Å². The van der Waals surface area contributed by atoms with Gasteiger partial charge < -0.3 is 10.2 Å². The lowest BCUT2D eigenvalue weighted by Gasteiger charge is -2.42. The second kappa shape index (κ2) is 4.97. The van der Waals surface area contributed by atoms with E-state index in [1.165, 1.54) is 19.3 Å². The summed E-state index contributed by atoms with van der Waals surface area (Å²) in [4.78, 5) is 14.7. The van der Waals surface area contributed by atoms with E-state index in [2.05, 4.69) is 31.0 Å². The van der Waals surface area contributed by atoms with Crippen LogP contribution in [-0.4, -0.2) is 36.5 Å². The first kappa shape index (κ1) is 12.9. The van der Waals surface area contributed by atoms with Crippen molar-refractivity contribution in [3.63, 3.8) is 0 Å². The largest absolute Gasteiger partial charge is 0.341 e. The maximum atomic E-state index is 12.6.